The van der Waals surface area contributed by atoms with Crippen LogP contribution in [0, 0.1) is 0 Å². The summed E-state index contributed by atoms with van der Waals surface area (Å²) >= 11 is 1.35. The predicted molar refractivity (Wildman–Crippen MR) is 110 cm³/mol. The summed E-state index contributed by atoms with van der Waals surface area (Å²) in [7, 11) is 0. The van der Waals surface area contributed by atoms with Gasteiger partial charge in [0.15, 0.2) is 17.2 Å². The minimum atomic E-state index is -0.701. The molecule has 0 aliphatic carbocycles. The molecule has 0 saturated carbocycles. The molecule has 3 aromatic rings. The van der Waals surface area contributed by atoms with Gasteiger partial charge in [-0.05, 0) is 48.2 Å². The molecule has 0 atom stereocenters. The van der Waals surface area contributed by atoms with Gasteiger partial charge < -0.3 is 20.6 Å². The van der Waals surface area contributed by atoms with Crippen molar-refractivity contribution >= 4 is 34.6 Å². The maximum atomic E-state index is 12.1. The Balaban J connectivity index is 1.65. The first kappa shape index (κ1) is 19.9. The molecule has 3 rings (SSSR count). The Morgan fingerprint density at radius 1 is 0.931 bits per heavy atom. The molecule has 0 spiro atoms. The molecule has 1 heterocycles. The van der Waals surface area contributed by atoms with Crippen LogP contribution in [0.5, 0.6) is 17.2 Å². The molecule has 0 unspecified atom stereocenters. The van der Waals surface area contributed by atoms with Crippen LogP contribution in [-0.2, 0) is 0 Å². The summed E-state index contributed by atoms with van der Waals surface area (Å²) in [6, 6.07) is 12.5. The highest BCUT2D eigenvalue weighted by atomic mass is 32.1. The molecule has 0 fully saturated rings. The van der Waals surface area contributed by atoms with Gasteiger partial charge in [0.1, 0.15) is 0 Å². The maximum Gasteiger partial charge on any atom is 0.271 e. The fourth-order valence-corrected chi connectivity index (χ4v) is 3.01. The fraction of sp³-hybridized carbons (Fsp3) is 0.0500. The van der Waals surface area contributed by atoms with E-state index in [0.29, 0.717) is 16.3 Å². The lowest BCUT2D eigenvalue weighted by atomic mass is 10.1. The van der Waals surface area contributed by atoms with Gasteiger partial charge in [-0.3, -0.25) is 9.59 Å². The summed E-state index contributed by atoms with van der Waals surface area (Å²) in [5.41, 5.74) is 4.09. The third-order valence-corrected chi connectivity index (χ3v) is 4.83. The predicted octanol–water partition coefficient (Wildman–Crippen LogP) is 3.27. The molecule has 2 aromatic carbocycles. The van der Waals surface area contributed by atoms with Crippen molar-refractivity contribution in [3.8, 4) is 17.2 Å². The number of phenols is 3. The zero-order valence-electron chi connectivity index (χ0n) is 15.2. The van der Waals surface area contributed by atoms with Crippen molar-refractivity contribution in [1.29, 1.82) is 0 Å². The zero-order chi connectivity index (χ0) is 21.0. The number of benzene rings is 2. The Labute approximate surface area is 169 Å². The monoisotopic (exact) mass is 411 g/mol. The summed E-state index contributed by atoms with van der Waals surface area (Å²) in [5, 5.41) is 36.9. The van der Waals surface area contributed by atoms with Crippen LogP contribution in [0.25, 0.3) is 0 Å². The van der Waals surface area contributed by atoms with Gasteiger partial charge in [0.25, 0.3) is 11.8 Å². The molecular weight excluding hydrogens is 394 g/mol. The summed E-state index contributed by atoms with van der Waals surface area (Å²) in [6.45, 7) is 1.69. The number of aromatic hydroxyl groups is 3. The Kier molecular flexibility index (Phi) is 5.79. The van der Waals surface area contributed by atoms with Crippen LogP contribution in [0.15, 0.2) is 59.0 Å². The number of carbonyl (C=O) groups is 2. The molecule has 1 aromatic heterocycles. The molecule has 8 nitrogen and oxygen atoms in total. The Morgan fingerprint density at radius 2 is 1.59 bits per heavy atom. The van der Waals surface area contributed by atoms with Crippen LogP contribution in [0.2, 0.25) is 0 Å². The SMILES string of the molecule is C/C(=N\NC(=O)c1cc(O)c(O)c(O)c1)c1ccc(NC(=O)c2cccs2)cc1. The zero-order valence-corrected chi connectivity index (χ0v) is 16.0. The first-order chi connectivity index (χ1) is 13.8. The Bertz CT molecular complexity index is 1050. The van der Waals surface area contributed by atoms with Crippen molar-refractivity contribution in [3.05, 3.63) is 69.9 Å². The summed E-state index contributed by atoms with van der Waals surface area (Å²) in [4.78, 5) is 24.8. The second-order valence-corrected chi connectivity index (χ2v) is 6.96. The van der Waals surface area contributed by atoms with Crippen molar-refractivity contribution in [3.63, 3.8) is 0 Å². The van der Waals surface area contributed by atoms with E-state index in [1.807, 2.05) is 5.38 Å². The van der Waals surface area contributed by atoms with Gasteiger partial charge in [-0.25, -0.2) is 5.43 Å². The number of rotatable bonds is 5. The lowest BCUT2D eigenvalue weighted by molar-refractivity contribution is 0.0953. The van der Waals surface area contributed by atoms with Gasteiger partial charge in [-0.1, -0.05) is 18.2 Å². The molecule has 0 saturated heterocycles. The molecule has 2 amide bonds. The van der Waals surface area contributed by atoms with Crippen molar-refractivity contribution in [2.45, 2.75) is 6.92 Å². The molecule has 0 aliphatic heterocycles. The minimum Gasteiger partial charge on any atom is -0.504 e. The van der Waals surface area contributed by atoms with Gasteiger partial charge in [-0.2, -0.15) is 5.10 Å². The van der Waals surface area contributed by atoms with E-state index in [0.717, 1.165) is 17.7 Å². The third kappa shape index (κ3) is 4.71. The van der Waals surface area contributed by atoms with Crippen molar-refractivity contribution in [2.75, 3.05) is 5.32 Å². The van der Waals surface area contributed by atoms with Crippen LogP contribution >= 0.6 is 11.3 Å². The standard InChI is InChI=1S/C20H17N3O5S/c1-11(22-23-19(27)13-9-15(24)18(26)16(25)10-13)12-4-6-14(7-5-12)21-20(28)17-3-2-8-29-17/h2-10,24-26H,1H3,(H,21,28)(H,23,27)/b22-11+. The number of carbonyl (C=O) groups excluding carboxylic acids is 2. The van der Waals surface area contributed by atoms with Gasteiger partial charge in [-0.15, -0.1) is 11.3 Å². The number of amides is 2. The fourth-order valence-electron chi connectivity index (χ4n) is 2.39. The molecule has 29 heavy (non-hydrogen) atoms. The quantitative estimate of drug-likeness (QED) is 0.250. The molecular formula is C20H17N3O5S. The molecule has 0 aliphatic rings. The van der Waals surface area contributed by atoms with E-state index in [1.54, 1.807) is 43.3 Å². The van der Waals surface area contributed by atoms with E-state index in [9.17, 15) is 24.9 Å². The van der Waals surface area contributed by atoms with E-state index in [1.165, 1.54) is 11.3 Å². The Morgan fingerprint density at radius 3 is 2.17 bits per heavy atom. The first-order valence-corrected chi connectivity index (χ1v) is 9.28. The molecule has 148 valence electrons. The van der Waals surface area contributed by atoms with Gasteiger partial charge in [0.2, 0.25) is 0 Å². The van der Waals surface area contributed by atoms with Gasteiger partial charge in [0.05, 0.1) is 10.6 Å². The number of nitrogens with zero attached hydrogens (tertiary/aromatic N) is 1. The average molecular weight is 411 g/mol. The smallest absolute Gasteiger partial charge is 0.271 e. The summed E-state index contributed by atoms with van der Waals surface area (Å²) < 4.78 is 0. The van der Waals surface area contributed by atoms with E-state index in [-0.39, 0.29) is 11.5 Å². The largest absolute Gasteiger partial charge is 0.504 e. The number of hydrogen-bond acceptors (Lipinski definition) is 7. The molecule has 0 bridgehead atoms. The van der Waals surface area contributed by atoms with Crippen molar-refractivity contribution in [1.82, 2.24) is 5.43 Å². The number of anilines is 1. The highest BCUT2D eigenvalue weighted by Gasteiger charge is 2.13. The second kappa shape index (κ2) is 8.44. The number of thiophene rings is 1. The summed E-state index contributed by atoms with van der Waals surface area (Å²) in [5.74, 6) is -2.79. The topological polar surface area (TPSA) is 131 Å². The van der Waals surface area contributed by atoms with Crippen molar-refractivity contribution < 1.29 is 24.9 Å². The van der Waals surface area contributed by atoms with Crippen LogP contribution in [0.1, 0.15) is 32.5 Å². The van der Waals surface area contributed by atoms with E-state index in [2.05, 4.69) is 15.8 Å². The molecule has 0 radical (unpaired) electrons. The minimum absolute atomic E-state index is 0.0685. The number of nitrogens with one attached hydrogen (secondary N) is 2. The summed E-state index contributed by atoms with van der Waals surface area (Å²) in [6.07, 6.45) is 0. The van der Waals surface area contributed by atoms with Crippen LogP contribution in [0.3, 0.4) is 0 Å². The average Bonchev–Trinajstić information content (AvgIpc) is 3.25. The molecule has 5 N–H and O–H groups in total. The number of phenolic OH excluding ortho intramolecular Hbond substituents is 3. The highest BCUT2D eigenvalue weighted by molar-refractivity contribution is 7.12. The number of hydrazone groups is 1. The van der Waals surface area contributed by atoms with Gasteiger partial charge >= 0.3 is 0 Å². The lowest BCUT2D eigenvalue weighted by Crippen LogP contribution is -2.19. The number of hydrogen-bond donors (Lipinski definition) is 5. The van der Waals surface area contributed by atoms with E-state index < -0.39 is 23.2 Å². The van der Waals surface area contributed by atoms with Crippen LogP contribution in [-0.4, -0.2) is 32.8 Å². The Hall–Kier alpha value is -3.85. The normalized spacial score (nSPS) is 11.1. The van der Waals surface area contributed by atoms with Crippen molar-refractivity contribution in [2.24, 2.45) is 5.10 Å². The van der Waals surface area contributed by atoms with Crippen LogP contribution in [0.4, 0.5) is 5.69 Å². The first-order valence-electron chi connectivity index (χ1n) is 8.40. The third-order valence-electron chi connectivity index (χ3n) is 3.96. The molecule has 9 heteroatoms. The lowest BCUT2D eigenvalue weighted by Gasteiger charge is -2.07. The second-order valence-electron chi connectivity index (χ2n) is 6.01. The maximum absolute atomic E-state index is 12.1. The van der Waals surface area contributed by atoms with Crippen LogP contribution < -0.4 is 10.7 Å². The highest BCUT2D eigenvalue weighted by Crippen LogP contribution is 2.35. The van der Waals surface area contributed by atoms with Gasteiger partial charge in [0, 0.05) is 11.3 Å². The van der Waals surface area contributed by atoms with E-state index >= 15 is 0 Å². The van der Waals surface area contributed by atoms with E-state index in [4.69, 9.17) is 0 Å².